The van der Waals surface area contributed by atoms with Gasteiger partial charge >= 0.3 is 5.97 Å². The molecule has 2 aromatic rings. The average Bonchev–Trinajstić information content (AvgIpc) is 2.68. The van der Waals surface area contributed by atoms with Crippen molar-refractivity contribution in [1.82, 2.24) is 4.72 Å². The van der Waals surface area contributed by atoms with E-state index in [1.165, 1.54) is 38.1 Å². The number of esters is 1. The first kappa shape index (κ1) is 22.3. The molecule has 0 saturated heterocycles. The zero-order chi connectivity index (χ0) is 21.6. The summed E-state index contributed by atoms with van der Waals surface area (Å²) in [7, 11) is -3.72. The Hall–Kier alpha value is -3.04. The fourth-order valence-corrected chi connectivity index (χ4v) is 3.46. The molecule has 0 bridgehead atoms. The van der Waals surface area contributed by atoms with Crippen LogP contribution in [0.1, 0.15) is 41.5 Å². The molecule has 8 nitrogen and oxygen atoms in total. The molecule has 0 fully saturated rings. The van der Waals surface area contributed by atoms with Gasteiger partial charge in [-0.05, 0) is 56.3 Å². The highest BCUT2D eigenvalue weighted by Gasteiger charge is 2.21. The molecular formula is C20H22N2O6S. The van der Waals surface area contributed by atoms with Gasteiger partial charge in [-0.1, -0.05) is 13.0 Å². The van der Waals surface area contributed by atoms with Crippen LogP contribution in [-0.4, -0.2) is 38.7 Å². The van der Waals surface area contributed by atoms with Crippen LogP contribution in [0.4, 0.5) is 5.69 Å². The van der Waals surface area contributed by atoms with Crippen LogP contribution in [0.3, 0.4) is 0 Å². The van der Waals surface area contributed by atoms with E-state index in [1.807, 2.05) is 0 Å². The Kier molecular flexibility index (Phi) is 7.24. The molecule has 0 heterocycles. The molecule has 0 aliphatic heterocycles. The van der Waals surface area contributed by atoms with Crippen molar-refractivity contribution in [2.75, 3.05) is 11.9 Å². The third kappa shape index (κ3) is 5.97. The maximum Gasteiger partial charge on any atom is 0.338 e. The van der Waals surface area contributed by atoms with Crippen LogP contribution in [0.5, 0.6) is 0 Å². The summed E-state index contributed by atoms with van der Waals surface area (Å²) in [5.74, 6) is -1.48. The van der Waals surface area contributed by atoms with Crippen molar-refractivity contribution in [2.24, 2.45) is 0 Å². The number of ketones is 1. The molecule has 0 radical (unpaired) electrons. The summed E-state index contributed by atoms with van der Waals surface area (Å²) in [6.45, 7) is 4.69. The van der Waals surface area contributed by atoms with Crippen LogP contribution in [0.2, 0.25) is 0 Å². The summed E-state index contributed by atoms with van der Waals surface area (Å²) in [5.41, 5.74) is 0.964. The van der Waals surface area contributed by atoms with Gasteiger partial charge in [0.05, 0.1) is 10.5 Å². The number of Topliss-reactive ketones (excluding diaryl/α,β-unsaturated/α-hetero) is 1. The number of hydrogen-bond donors (Lipinski definition) is 2. The number of benzene rings is 2. The Balaban J connectivity index is 2.04. The molecule has 0 spiro atoms. The van der Waals surface area contributed by atoms with E-state index in [2.05, 4.69) is 10.0 Å². The van der Waals surface area contributed by atoms with Gasteiger partial charge in [0.1, 0.15) is 0 Å². The van der Waals surface area contributed by atoms with Crippen molar-refractivity contribution in [1.29, 1.82) is 0 Å². The van der Waals surface area contributed by atoms with Gasteiger partial charge in [-0.3, -0.25) is 9.59 Å². The highest BCUT2D eigenvalue weighted by molar-refractivity contribution is 7.89. The number of anilines is 1. The van der Waals surface area contributed by atoms with Crippen LogP contribution in [0, 0.1) is 0 Å². The largest absolute Gasteiger partial charge is 0.449 e. The smallest absolute Gasteiger partial charge is 0.338 e. The number of sulfonamides is 1. The Bertz CT molecular complexity index is 1020. The second-order valence-electron chi connectivity index (χ2n) is 6.20. The quantitative estimate of drug-likeness (QED) is 0.502. The second kappa shape index (κ2) is 9.44. The molecule has 2 aromatic carbocycles. The van der Waals surface area contributed by atoms with Crippen LogP contribution in [0.25, 0.3) is 0 Å². The zero-order valence-electron chi connectivity index (χ0n) is 16.3. The molecular weight excluding hydrogens is 396 g/mol. The second-order valence-corrected chi connectivity index (χ2v) is 7.97. The summed E-state index contributed by atoms with van der Waals surface area (Å²) in [6, 6.07) is 11.6. The molecule has 0 unspecified atom stereocenters. The topological polar surface area (TPSA) is 119 Å². The Morgan fingerprint density at radius 2 is 1.69 bits per heavy atom. The molecule has 2 rings (SSSR count). The minimum absolute atomic E-state index is 0.00874. The standard InChI is InChI=1S/C20H22N2O6S/c1-4-21-29(26,27)18-7-5-6-16(12-18)20(25)28-14(3)19(24)22-17-10-8-15(9-11-17)13(2)23/h5-12,14,21H,4H2,1-3H3,(H,22,24)/t14-/m0/s1. The predicted octanol–water partition coefficient (Wildman–Crippen LogP) is 2.37. The molecule has 9 heteroatoms. The lowest BCUT2D eigenvalue weighted by Crippen LogP contribution is -2.30. The van der Waals surface area contributed by atoms with Gasteiger partial charge in [0.15, 0.2) is 11.9 Å². The van der Waals surface area contributed by atoms with E-state index in [4.69, 9.17) is 4.74 Å². The number of carbonyl (C=O) groups excluding carboxylic acids is 3. The van der Waals surface area contributed by atoms with E-state index in [0.717, 1.165) is 0 Å². The minimum Gasteiger partial charge on any atom is -0.449 e. The fourth-order valence-electron chi connectivity index (χ4n) is 2.38. The Morgan fingerprint density at radius 1 is 1.03 bits per heavy atom. The first-order valence-electron chi connectivity index (χ1n) is 8.86. The lowest BCUT2D eigenvalue weighted by Gasteiger charge is -2.14. The molecule has 0 aromatic heterocycles. The lowest BCUT2D eigenvalue weighted by molar-refractivity contribution is -0.123. The van der Waals surface area contributed by atoms with Gasteiger partial charge in [0.25, 0.3) is 5.91 Å². The summed E-state index contributed by atoms with van der Waals surface area (Å²) in [6.07, 6.45) is -1.12. The number of rotatable bonds is 8. The third-order valence-electron chi connectivity index (χ3n) is 3.93. The maximum absolute atomic E-state index is 12.3. The van der Waals surface area contributed by atoms with Crippen molar-refractivity contribution in [3.8, 4) is 0 Å². The monoisotopic (exact) mass is 418 g/mol. The van der Waals surface area contributed by atoms with Gasteiger partial charge in [0.2, 0.25) is 10.0 Å². The summed E-state index contributed by atoms with van der Waals surface area (Å²) >= 11 is 0. The number of amides is 1. The molecule has 0 aliphatic carbocycles. The van der Waals surface area contributed by atoms with Crippen LogP contribution >= 0.6 is 0 Å². The van der Waals surface area contributed by atoms with E-state index in [0.29, 0.717) is 11.3 Å². The molecule has 2 N–H and O–H groups in total. The maximum atomic E-state index is 12.3. The minimum atomic E-state index is -3.72. The van der Waals surface area contributed by atoms with Crippen molar-refractivity contribution in [2.45, 2.75) is 31.8 Å². The normalized spacial score (nSPS) is 12.1. The van der Waals surface area contributed by atoms with Crippen LogP contribution in [0.15, 0.2) is 53.4 Å². The fraction of sp³-hybridized carbons (Fsp3) is 0.250. The van der Waals surface area contributed by atoms with Crippen molar-refractivity contribution >= 4 is 33.4 Å². The molecule has 154 valence electrons. The Labute approximate surface area is 169 Å². The van der Waals surface area contributed by atoms with Gasteiger partial charge < -0.3 is 10.1 Å². The van der Waals surface area contributed by atoms with E-state index < -0.39 is 28.0 Å². The van der Waals surface area contributed by atoms with Gasteiger partial charge in [-0.2, -0.15) is 0 Å². The SMILES string of the molecule is CCNS(=O)(=O)c1cccc(C(=O)O[C@@H](C)C(=O)Nc2ccc(C(C)=O)cc2)c1. The van der Waals surface area contributed by atoms with Gasteiger partial charge in [-0.25, -0.2) is 17.9 Å². The molecule has 29 heavy (non-hydrogen) atoms. The van der Waals surface area contributed by atoms with Gasteiger partial charge in [0, 0.05) is 17.8 Å². The summed E-state index contributed by atoms with van der Waals surface area (Å²) in [4.78, 5) is 35.8. The van der Waals surface area contributed by atoms with Crippen molar-refractivity contribution in [3.63, 3.8) is 0 Å². The van der Waals surface area contributed by atoms with Crippen molar-refractivity contribution < 1.29 is 27.5 Å². The average molecular weight is 418 g/mol. The van der Waals surface area contributed by atoms with E-state index in [1.54, 1.807) is 31.2 Å². The van der Waals surface area contributed by atoms with Crippen molar-refractivity contribution in [3.05, 3.63) is 59.7 Å². The Morgan fingerprint density at radius 3 is 2.28 bits per heavy atom. The highest BCUT2D eigenvalue weighted by atomic mass is 32.2. The van der Waals surface area contributed by atoms with E-state index >= 15 is 0 Å². The molecule has 1 atom stereocenters. The van der Waals surface area contributed by atoms with Gasteiger partial charge in [-0.15, -0.1) is 0 Å². The number of carbonyl (C=O) groups is 3. The summed E-state index contributed by atoms with van der Waals surface area (Å²) in [5, 5.41) is 2.58. The van der Waals surface area contributed by atoms with E-state index in [9.17, 15) is 22.8 Å². The third-order valence-corrected chi connectivity index (χ3v) is 5.47. The number of nitrogens with one attached hydrogen (secondary N) is 2. The number of hydrogen-bond acceptors (Lipinski definition) is 6. The molecule has 1 amide bonds. The van der Waals surface area contributed by atoms with Crippen LogP contribution < -0.4 is 10.0 Å². The molecule has 0 saturated carbocycles. The first-order valence-corrected chi connectivity index (χ1v) is 10.3. The summed E-state index contributed by atoms with van der Waals surface area (Å²) < 4.78 is 31.6. The highest BCUT2D eigenvalue weighted by Crippen LogP contribution is 2.14. The lowest BCUT2D eigenvalue weighted by atomic mass is 10.1. The number of ether oxygens (including phenoxy) is 1. The van der Waals surface area contributed by atoms with Crippen LogP contribution in [-0.2, 0) is 19.6 Å². The zero-order valence-corrected chi connectivity index (χ0v) is 17.1. The molecule has 0 aliphatic rings. The van der Waals surface area contributed by atoms with E-state index in [-0.39, 0.29) is 22.8 Å². The predicted molar refractivity (Wildman–Crippen MR) is 107 cm³/mol. The first-order chi connectivity index (χ1) is 13.6.